The molecule has 5 heteroatoms. The van der Waals surface area contributed by atoms with Crippen molar-refractivity contribution in [2.75, 3.05) is 13.1 Å². The molecule has 0 bridgehead atoms. The summed E-state index contributed by atoms with van der Waals surface area (Å²) in [6.45, 7) is 2.06. The van der Waals surface area contributed by atoms with E-state index in [4.69, 9.17) is 0 Å². The van der Waals surface area contributed by atoms with Crippen LogP contribution in [0.5, 0.6) is 0 Å². The minimum atomic E-state index is -4.37. The number of nitrogens with zero attached hydrogens (tertiary/aromatic N) is 1. The van der Waals surface area contributed by atoms with Gasteiger partial charge < -0.3 is 4.90 Å². The number of carbonyl (C=O) groups is 1. The summed E-state index contributed by atoms with van der Waals surface area (Å²) in [4.78, 5) is 12.7. The first kappa shape index (κ1) is 13.5. The van der Waals surface area contributed by atoms with Crippen molar-refractivity contribution in [2.45, 2.75) is 20.0 Å². The van der Waals surface area contributed by atoms with Gasteiger partial charge in [0.25, 0.3) is 5.91 Å². The maximum absolute atomic E-state index is 12.3. The Morgan fingerprint density at radius 1 is 1.29 bits per heavy atom. The summed E-state index contributed by atoms with van der Waals surface area (Å²) in [5, 5.41) is 0. The van der Waals surface area contributed by atoms with E-state index in [1.165, 1.54) is 13.0 Å². The van der Waals surface area contributed by atoms with Gasteiger partial charge in [-0.1, -0.05) is 18.2 Å². The average molecular weight is 245 g/mol. The van der Waals surface area contributed by atoms with Gasteiger partial charge in [-0.05, 0) is 25.5 Å². The smallest absolute Gasteiger partial charge is 0.330 e. The van der Waals surface area contributed by atoms with Crippen LogP contribution >= 0.6 is 0 Å². The largest absolute Gasteiger partial charge is 0.406 e. The molecule has 0 saturated carbocycles. The van der Waals surface area contributed by atoms with Crippen molar-refractivity contribution in [1.82, 2.24) is 4.90 Å². The van der Waals surface area contributed by atoms with Crippen LogP contribution in [0.4, 0.5) is 13.2 Å². The average Bonchev–Trinajstić information content (AvgIpc) is 2.24. The van der Waals surface area contributed by atoms with Gasteiger partial charge in [-0.3, -0.25) is 4.79 Å². The molecule has 0 heterocycles. The van der Waals surface area contributed by atoms with E-state index in [-0.39, 0.29) is 6.54 Å². The van der Waals surface area contributed by atoms with E-state index in [1.807, 2.05) is 0 Å². The second-order valence-electron chi connectivity index (χ2n) is 3.75. The van der Waals surface area contributed by atoms with Gasteiger partial charge in [0.1, 0.15) is 6.54 Å². The fraction of sp³-hybridized carbons (Fsp3) is 0.417. The van der Waals surface area contributed by atoms with Crippen LogP contribution in [0.2, 0.25) is 0 Å². The topological polar surface area (TPSA) is 20.3 Å². The third kappa shape index (κ3) is 3.76. The molecule has 0 saturated heterocycles. The van der Waals surface area contributed by atoms with Gasteiger partial charge in [0.05, 0.1) is 0 Å². The van der Waals surface area contributed by atoms with E-state index < -0.39 is 18.6 Å². The van der Waals surface area contributed by atoms with E-state index in [9.17, 15) is 18.0 Å². The summed E-state index contributed by atoms with van der Waals surface area (Å²) >= 11 is 0. The fourth-order valence-electron chi connectivity index (χ4n) is 1.53. The minimum Gasteiger partial charge on any atom is -0.330 e. The molecule has 1 aromatic rings. The number of benzene rings is 1. The van der Waals surface area contributed by atoms with Crippen LogP contribution < -0.4 is 0 Å². The lowest BCUT2D eigenvalue weighted by atomic mass is 10.1. The molecule has 0 aromatic heterocycles. The number of aryl methyl sites for hydroxylation is 1. The number of hydrogen-bond acceptors (Lipinski definition) is 1. The van der Waals surface area contributed by atoms with Crippen LogP contribution in [0.15, 0.2) is 24.3 Å². The van der Waals surface area contributed by atoms with Gasteiger partial charge in [-0.15, -0.1) is 0 Å². The summed E-state index contributed by atoms with van der Waals surface area (Å²) in [6.07, 6.45) is -4.37. The Balaban J connectivity index is 2.91. The zero-order valence-electron chi connectivity index (χ0n) is 9.71. The van der Waals surface area contributed by atoms with Crippen molar-refractivity contribution < 1.29 is 18.0 Å². The molecule has 0 aliphatic rings. The molecular weight excluding hydrogens is 231 g/mol. The summed E-state index contributed by atoms with van der Waals surface area (Å²) in [6, 6.07) is 6.62. The monoisotopic (exact) mass is 245 g/mol. The Morgan fingerprint density at radius 3 is 2.35 bits per heavy atom. The zero-order chi connectivity index (χ0) is 13.1. The highest BCUT2D eigenvalue weighted by molar-refractivity contribution is 5.95. The highest BCUT2D eigenvalue weighted by Crippen LogP contribution is 2.19. The standard InChI is InChI=1S/C12H14F3NO/c1-3-16(8-12(13,14)15)11(17)10-7-5-4-6-9(10)2/h4-7H,3,8H2,1-2H3. The second-order valence-corrected chi connectivity index (χ2v) is 3.75. The van der Waals surface area contributed by atoms with Gasteiger partial charge in [0.2, 0.25) is 0 Å². The maximum atomic E-state index is 12.3. The number of amides is 1. The van der Waals surface area contributed by atoms with Crippen molar-refractivity contribution in [2.24, 2.45) is 0 Å². The molecule has 0 radical (unpaired) electrons. The molecule has 0 aliphatic heterocycles. The van der Waals surface area contributed by atoms with Gasteiger partial charge in [-0.25, -0.2) is 0 Å². The fourth-order valence-corrected chi connectivity index (χ4v) is 1.53. The first-order valence-corrected chi connectivity index (χ1v) is 5.27. The van der Waals surface area contributed by atoms with Crippen LogP contribution in [0.1, 0.15) is 22.8 Å². The zero-order valence-corrected chi connectivity index (χ0v) is 9.71. The predicted molar refractivity (Wildman–Crippen MR) is 58.8 cm³/mol. The lowest BCUT2D eigenvalue weighted by Gasteiger charge is -2.23. The first-order chi connectivity index (χ1) is 7.85. The van der Waals surface area contributed by atoms with Crippen molar-refractivity contribution in [3.05, 3.63) is 35.4 Å². The van der Waals surface area contributed by atoms with Gasteiger partial charge in [0, 0.05) is 12.1 Å². The molecule has 0 N–H and O–H groups in total. The first-order valence-electron chi connectivity index (χ1n) is 5.27. The van der Waals surface area contributed by atoms with E-state index >= 15 is 0 Å². The summed E-state index contributed by atoms with van der Waals surface area (Å²) in [7, 11) is 0. The van der Waals surface area contributed by atoms with Crippen LogP contribution in [0.3, 0.4) is 0 Å². The lowest BCUT2D eigenvalue weighted by molar-refractivity contribution is -0.140. The molecule has 1 aromatic carbocycles. The third-order valence-corrected chi connectivity index (χ3v) is 2.41. The predicted octanol–water partition coefficient (Wildman–Crippen LogP) is 3.02. The molecular formula is C12H14F3NO. The van der Waals surface area contributed by atoms with Crippen molar-refractivity contribution >= 4 is 5.91 Å². The van der Waals surface area contributed by atoms with Gasteiger partial charge >= 0.3 is 6.18 Å². The molecule has 0 fully saturated rings. The molecule has 1 amide bonds. The normalized spacial score (nSPS) is 11.4. The third-order valence-electron chi connectivity index (χ3n) is 2.41. The Hall–Kier alpha value is -1.52. The van der Waals surface area contributed by atoms with E-state index in [0.717, 1.165) is 4.90 Å². The van der Waals surface area contributed by atoms with Crippen LogP contribution in [-0.4, -0.2) is 30.1 Å². The molecule has 94 valence electrons. The Labute approximate surface area is 98.0 Å². The summed E-state index contributed by atoms with van der Waals surface area (Å²) in [5.74, 6) is -0.581. The number of halogens is 3. The van der Waals surface area contributed by atoms with Crippen molar-refractivity contribution in [3.8, 4) is 0 Å². The van der Waals surface area contributed by atoms with Crippen molar-refractivity contribution in [1.29, 1.82) is 0 Å². The van der Waals surface area contributed by atoms with E-state index in [1.54, 1.807) is 25.1 Å². The molecule has 17 heavy (non-hydrogen) atoms. The number of hydrogen-bond donors (Lipinski definition) is 0. The Kier molecular flexibility index (Phi) is 4.15. The summed E-state index contributed by atoms with van der Waals surface area (Å²) in [5.41, 5.74) is 0.997. The maximum Gasteiger partial charge on any atom is 0.406 e. The molecule has 0 unspecified atom stereocenters. The Morgan fingerprint density at radius 2 is 1.88 bits per heavy atom. The molecule has 0 atom stereocenters. The van der Waals surface area contributed by atoms with Gasteiger partial charge in [0.15, 0.2) is 0 Å². The molecule has 0 aliphatic carbocycles. The van der Waals surface area contributed by atoms with Gasteiger partial charge in [-0.2, -0.15) is 13.2 Å². The van der Waals surface area contributed by atoms with Crippen LogP contribution in [-0.2, 0) is 0 Å². The molecule has 0 spiro atoms. The second kappa shape index (κ2) is 5.21. The van der Waals surface area contributed by atoms with Crippen molar-refractivity contribution in [3.63, 3.8) is 0 Å². The summed E-state index contributed by atoms with van der Waals surface area (Å²) < 4.78 is 36.8. The number of rotatable bonds is 3. The number of carbonyl (C=O) groups excluding carboxylic acids is 1. The van der Waals surface area contributed by atoms with Crippen LogP contribution in [0, 0.1) is 6.92 Å². The van der Waals surface area contributed by atoms with E-state index in [0.29, 0.717) is 11.1 Å². The molecule has 2 nitrogen and oxygen atoms in total. The quantitative estimate of drug-likeness (QED) is 0.801. The highest BCUT2D eigenvalue weighted by atomic mass is 19.4. The van der Waals surface area contributed by atoms with E-state index in [2.05, 4.69) is 0 Å². The number of alkyl halides is 3. The van der Waals surface area contributed by atoms with Crippen LogP contribution in [0.25, 0.3) is 0 Å². The molecule has 1 rings (SSSR count). The SMILES string of the molecule is CCN(CC(F)(F)F)C(=O)c1ccccc1C. The lowest BCUT2D eigenvalue weighted by Crippen LogP contribution is -2.39. The minimum absolute atomic E-state index is 0.0344. The Bertz CT molecular complexity index is 401. The highest BCUT2D eigenvalue weighted by Gasteiger charge is 2.32.